The van der Waals surface area contributed by atoms with Gasteiger partial charge < -0.3 is 19.7 Å². The second-order valence-electron chi connectivity index (χ2n) is 6.75. The quantitative estimate of drug-likeness (QED) is 0.424. The Hall–Kier alpha value is -3.17. The summed E-state index contributed by atoms with van der Waals surface area (Å²) in [5, 5.41) is 13.4. The second-order valence-corrected chi connectivity index (χ2v) is 6.75. The van der Waals surface area contributed by atoms with E-state index in [0.29, 0.717) is 0 Å². The number of nitrogens with zero attached hydrogens (tertiary/aromatic N) is 2. The van der Waals surface area contributed by atoms with Crippen LogP contribution in [-0.4, -0.2) is 53.4 Å². The molecule has 1 saturated heterocycles. The van der Waals surface area contributed by atoms with Gasteiger partial charge in [0.25, 0.3) is 11.6 Å². The van der Waals surface area contributed by atoms with Crippen LogP contribution < -0.4 is 10.1 Å². The predicted octanol–water partition coefficient (Wildman–Crippen LogP) is 1.73. The van der Waals surface area contributed by atoms with E-state index in [1.165, 1.54) is 26.2 Å². The van der Waals surface area contributed by atoms with E-state index in [0.717, 1.165) is 6.07 Å². The van der Waals surface area contributed by atoms with Crippen LogP contribution in [0.3, 0.4) is 0 Å². The molecule has 2 rings (SSSR count). The zero-order chi connectivity index (χ0) is 21.0. The lowest BCUT2D eigenvalue weighted by Gasteiger charge is -2.21. The van der Waals surface area contributed by atoms with Gasteiger partial charge in [-0.2, -0.15) is 0 Å². The highest BCUT2D eigenvalue weighted by atomic mass is 16.6. The molecule has 2 unspecified atom stereocenters. The van der Waals surface area contributed by atoms with Crippen molar-refractivity contribution >= 4 is 29.2 Å². The molecule has 1 heterocycles. The number of nitro benzene ring substituents is 1. The van der Waals surface area contributed by atoms with Gasteiger partial charge in [-0.15, -0.1) is 0 Å². The van der Waals surface area contributed by atoms with E-state index in [9.17, 15) is 24.5 Å². The molecule has 0 aliphatic carbocycles. The van der Waals surface area contributed by atoms with Gasteiger partial charge in [0.1, 0.15) is 5.75 Å². The molecular formula is C18H23N3O7. The molecule has 10 heteroatoms. The third kappa shape index (κ3) is 4.76. The summed E-state index contributed by atoms with van der Waals surface area (Å²) in [6.45, 7) is 5.35. The molecular weight excluding hydrogens is 370 g/mol. The molecule has 2 amide bonds. The number of nitro groups is 1. The monoisotopic (exact) mass is 393 g/mol. The second kappa shape index (κ2) is 8.68. The first-order valence-corrected chi connectivity index (χ1v) is 8.77. The van der Waals surface area contributed by atoms with E-state index in [-0.39, 0.29) is 42.0 Å². The van der Waals surface area contributed by atoms with E-state index in [4.69, 9.17) is 9.47 Å². The van der Waals surface area contributed by atoms with E-state index < -0.39 is 28.8 Å². The molecule has 1 aliphatic rings. The first kappa shape index (κ1) is 21.1. The van der Waals surface area contributed by atoms with Crippen molar-refractivity contribution < 1.29 is 28.8 Å². The van der Waals surface area contributed by atoms with Crippen molar-refractivity contribution in [3.8, 4) is 5.75 Å². The number of likely N-dealkylation sites (tertiary alicyclic amines) is 1. The molecule has 1 aliphatic heterocycles. The summed E-state index contributed by atoms with van der Waals surface area (Å²) in [5.41, 5.74) is -0.134. The maximum absolute atomic E-state index is 12.4. The Morgan fingerprint density at radius 1 is 1.32 bits per heavy atom. The minimum Gasteiger partial charge on any atom is -0.495 e. The standard InChI is InChI=1S/C18H23N3O7/c1-10(2)20-9-12(7-16(20)22)18(24)28-11(3)17(23)19-14-8-13(21(25)26)5-6-15(14)27-4/h5-6,8,10-12H,7,9H2,1-4H3,(H,19,23). The molecule has 0 bridgehead atoms. The maximum atomic E-state index is 12.4. The lowest BCUT2D eigenvalue weighted by Crippen LogP contribution is -2.35. The number of anilines is 1. The zero-order valence-electron chi connectivity index (χ0n) is 16.1. The van der Waals surface area contributed by atoms with Gasteiger partial charge in [0.2, 0.25) is 5.91 Å². The van der Waals surface area contributed by atoms with Crippen molar-refractivity contribution in [2.75, 3.05) is 19.0 Å². The van der Waals surface area contributed by atoms with Crippen molar-refractivity contribution in [1.82, 2.24) is 4.90 Å². The number of non-ortho nitro benzene ring substituents is 1. The third-order valence-electron chi connectivity index (χ3n) is 4.43. The van der Waals surface area contributed by atoms with Crippen molar-refractivity contribution in [3.05, 3.63) is 28.3 Å². The van der Waals surface area contributed by atoms with E-state index >= 15 is 0 Å². The Bertz CT molecular complexity index is 793. The molecule has 1 fully saturated rings. The van der Waals surface area contributed by atoms with Crippen LogP contribution >= 0.6 is 0 Å². The van der Waals surface area contributed by atoms with E-state index in [1.807, 2.05) is 13.8 Å². The summed E-state index contributed by atoms with van der Waals surface area (Å²) in [4.78, 5) is 48.5. The number of rotatable bonds is 7. The zero-order valence-corrected chi connectivity index (χ0v) is 16.1. The Morgan fingerprint density at radius 2 is 2.00 bits per heavy atom. The number of methoxy groups -OCH3 is 1. The first-order valence-electron chi connectivity index (χ1n) is 8.77. The van der Waals surface area contributed by atoms with Crippen molar-refractivity contribution in [2.45, 2.75) is 39.3 Å². The number of hydrogen-bond donors (Lipinski definition) is 1. The Balaban J connectivity index is 2.02. The number of ether oxygens (including phenoxy) is 2. The van der Waals surface area contributed by atoms with Gasteiger partial charge >= 0.3 is 5.97 Å². The smallest absolute Gasteiger partial charge is 0.312 e. The molecule has 28 heavy (non-hydrogen) atoms. The highest BCUT2D eigenvalue weighted by Gasteiger charge is 2.37. The van der Waals surface area contributed by atoms with Gasteiger partial charge in [0.05, 0.1) is 23.6 Å². The molecule has 2 atom stereocenters. The van der Waals surface area contributed by atoms with Gasteiger partial charge in [0, 0.05) is 31.1 Å². The summed E-state index contributed by atoms with van der Waals surface area (Å²) in [6, 6.07) is 3.74. The fourth-order valence-electron chi connectivity index (χ4n) is 2.85. The molecule has 10 nitrogen and oxygen atoms in total. The lowest BCUT2D eigenvalue weighted by atomic mass is 10.1. The molecule has 1 aromatic carbocycles. The van der Waals surface area contributed by atoms with Crippen molar-refractivity contribution in [3.63, 3.8) is 0 Å². The van der Waals surface area contributed by atoms with E-state index in [1.54, 1.807) is 4.90 Å². The van der Waals surface area contributed by atoms with Crippen LogP contribution in [0.2, 0.25) is 0 Å². The van der Waals surface area contributed by atoms with Gasteiger partial charge in [0.15, 0.2) is 6.10 Å². The first-order chi connectivity index (χ1) is 13.1. The summed E-state index contributed by atoms with van der Waals surface area (Å²) < 4.78 is 10.3. The Morgan fingerprint density at radius 3 is 2.54 bits per heavy atom. The molecule has 0 aromatic heterocycles. The van der Waals surface area contributed by atoms with Crippen LogP contribution in [0, 0.1) is 16.0 Å². The summed E-state index contributed by atoms with van der Waals surface area (Å²) in [7, 11) is 1.36. The Labute approximate surface area is 161 Å². The molecule has 1 aromatic rings. The molecule has 0 saturated carbocycles. The summed E-state index contributed by atoms with van der Waals surface area (Å²) in [6.07, 6.45) is -1.11. The van der Waals surface area contributed by atoms with Crippen LogP contribution in [-0.2, 0) is 19.1 Å². The number of amides is 2. The molecule has 1 N–H and O–H groups in total. The number of carbonyl (C=O) groups excluding carboxylic acids is 3. The van der Waals surface area contributed by atoms with Gasteiger partial charge in [-0.1, -0.05) is 0 Å². The summed E-state index contributed by atoms with van der Waals surface area (Å²) in [5.74, 6) is -1.83. The number of nitrogens with one attached hydrogen (secondary N) is 1. The minimum atomic E-state index is -1.15. The lowest BCUT2D eigenvalue weighted by molar-refractivity contribution is -0.384. The van der Waals surface area contributed by atoms with Crippen molar-refractivity contribution in [2.24, 2.45) is 5.92 Å². The number of carbonyl (C=O) groups is 3. The normalized spacial score (nSPS) is 17.4. The number of benzene rings is 1. The molecule has 0 radical (unpaired) electrons. The topological polar surface area (TPSA) is 128 Å². The van der Waals surface area contributed by atoms with E-state index in [2.05, 4.69) is 5.32 Å². The maximum Gasteiger partial charge on any atom is 0.312 e. The number of esters is 1. The average Bonchev–Trinajstić information content (AvgIpc) is 3.03. The van der Waals surface area contributed by atoms with Crippen LogP contribution in [0.1, 0.15) is 27.2 Å². The van der Waals surface area contributed by atoms with Crippen molar-refractivity contribution in [1.29, 1.82) is 0 Å². The molecule has 152 valence electrons. The average molecular weight is 393 g/mol. The highest BCUT2D eigenvalue weighted by Crippen LogP contribution is 2.29. The van der Waals surface area contributed by atoms with Gasteiger partial charge in [-0.25, -0.2) is 0 Å². The van der Waals surface area contributed by atoms with Gasteiger partial charge in [-0.3, -0.25) is 24.5 Å². The summed E-state index contributed by atoms with van der Waals surface area (Å²) >= 11 is 0. The highest BCUT2D eigenvalue weighted by molar-refractivity contribution is 5.97. The fourth-order valence-corrected chi connectivity index (χ4v) is 2.85. The predicted molar refractivity (Wildman–Crippen MR) is 98.8 cm³/mol. The van der Waals surface area contributed by atoms with Crippen LogP contribution in [0.15, 0.2) is 18.2 Å². The van der Waals surface area contributed by atoms with Crippen LogP contribution in [0.5, 0.6) is 5.75 Å². The largest absolute Gasteiger partial charge is 0.495 e. The van der Waals surface area contributed by atoms with Crippen LogP contribution in [0.25, 0.3) is 0 Å². The Kier molecular flexibility index (Phi) is 6.55. The minimum absolute atomic E-state index is 0.0210. The molecule has 0 spiro atoms. The fraction of sp³-hybridized carbons (Fsp3) is 0.500. The van der Waals surface area contributed by atoms with Gasteiger partial charge in [-0.05, 0) is 26.8 Å². The number of hydrogen-bond acceptors (Lipinski definition) is 7. The van der Waals surface area contributed by atoms with Crippen LogP contribution in [0.4, 0.5) is 11.4 Å². The third-order valence-corrected chi connectivity index (χ3v) is 4.43. The SMILES string of the molecule is COc1ccc([N+](=O)[O-])cc1NC(=O)C(C)OC(=O)C1CC(=O)N(C(C)C)C1.